The maximum atomic E-state index is 11.3. The van der Waals surface area contributed by atoms with Crippen molar-refractivity contribution in [1.82, 2.24) is 0 Å². The Kier molecular flexibility index (Phi) is 6.37. The van der Waals surface area contributed by atoms with Gasteiger partial charge in [0.2, 0.25) is 5.91 Å². The monoisotopic (exact) mass is 400 g/mol. The van der Waals surface area contributed by atoms with Crippen LogP contribution >= 0.6 is 0 Å². The van der Waals surface area contributed by atoms with Gasteiger partial charge in [0.05, 0.1) is 0 Å². The van der Waals surface area contributed by atoms with Crippen LogP contribution in [0.15, 0.2) is 66.7 Å². The number of anilines is 2. The summed E-state index contributed by atoms with van der Waals surface area (Å²) in [4.78, 5) is 13.9. The molecule has 2 atom stereocenters. The predicted molar refractivity (Wildman–Crippen MR) is 127 cm³/mol. The largest absolute Gasteiger partial charge is 0.368 e. The Labute approximate surface area is 180 Å². The van der Waals surface area contributed by atoms with Gasteiger partial charge >= 0.3 is 0 Å². The smallest absolute Gasteiger partial charge is 0.221 e. The molecule has 0 spiro atoms. The van der Waals surface area contributed by atoms with Crippen LogP contribution in [0, 0.1) is 0 Å². The highest BCUT2D eigenvalue weighted by molar-refractivity contribution is 5.94. The normalized spacial score (nSPS) is 19.3. The molecular formula is C27H32N2O. The number of nitrogens with zero attached hydrogens (tertiary/aromatic N) is 1. The van der Waals surface area contributed by atoms with Crippen LogP contribution in [0.1, 0.15) is 57.4 Å². The van der Waals surface area contributed by atoms with Crippen molar-refractivity contribution < 1.29 is 4.79 Å². The van der Waals surface area contributed by atoms with Crippen molar-refractivity contribution in [2.75, 3.05) is 16.8 Å². The Bertz CT molecular complexity index is 990. The molecule has 0 bridgehead atoms. The Hall–Kier alpha value is -2.81. The summed E-state index contributed by atoms with van der Waals surface area (Å²) in [5, 5.41) is 5.54. The van der Waals surface area contributed by atoms with Gasteiger partial charge in [0.1, 0.15) is 0 Å². The molecule has 30 heavy (non-hydrogen) atoms. The van der Waals surface area contributed by atoms with Crippen molar-refractivity contribution in [3.63, 3.8) is 0 Å². The molecule has 4 rings (SSSR count). The van der Waals surface area contributed by atoms with Gasteiger partial charge in [-0.3, -0.25) is 4.79 Å². The van der Waals surface area contributed by atoms with Crippen molar-refractivity contribution in [3.05, 3.63) is 72.3 Å². The first-order valence-electron chi connectivity index (χ1n) is 11.3. The summed E-state index contributed by atoms with van der Waals surface area (Å²) in [7, 11) is 0. The Morgan fingerprint density at radius 3 is 2.47 bits per heavy atom. The fourth-order valence-electron chi connectivity index (χ4n) is 5.05. The second kappa shape index (κ2) is 9.34. The second-order valence-corrected chi connectivity index (χ2v) is 8.46. The molecule has 0 saturated heterocycles. The van der Waals surface area contributed by atoms with E-state index in [1.165, 1.54) is 54.1 Å². The van der Waals surface area contributed by atoms with Crippen LogP contribution in [0.5, 0.6) is 0 Å². The predicted octanol–water partition coefficient (Wildman–Crippen LogP) is 6.74. The molecule has 2 unspecified atom stereocenters. The summed E-state index contributed by atoms with van der Waals surface area (Å²) in [5.41, 5.74) is 3.63. The molecule has 1 amide bonds. The standard InChI is InChI=1S/C27H32N2O/c1-3-29(27-14-8-11-22-9-5-7-13-26(22)27)25-12-6-4-10-23(19-25)21-15-17-24(18-16-21)28-20(2)30/h5,7-9,11,13-18,23,25H,3-4,6,10,12,19H2,1-2H3,(H,28,30). The first kappa shape index (κ1) is 20.5. The van der Waals surface area contributed by atoms with Crippen molar-refractivity contribution in [3.8, 4) is 0 Å². The number of carbonyl (C=O) groups is 1. The molecular weight excluding hydrogens is 368 g/mol. The zero-order chi connectivity index (χ0) is 20.9. The average molecular weight is 401 g/mol. The summed E-state index contributed by atoms with van der Waals surface area (Å²) < 4.78 is 0. The fourth-order valence-corrected chi connectivity index (χ4v) is 5.05. The third kappa shape index (κ3) is 4.51. The van der Waals surface area contributed by atoms with E-state index in [1.54, 1.807) is 6.92 Å². The van der Waals surface area contributed by atoms with Crippen LogP contribution in [-0.4, -0.2) is 18.5 Å². The minimum absolute atomic E-state index is 0.0223. The van der Waals surface area contributed by atoms with Gasteiger partial charge < -0.3 is 10.2 Å². The summed E-state index contributed by atoms with van der Waals surface area (Å²) >= 11 is 0. The zero-order valence-electron chi connectivity index (χ0n) is 18.1. The van der Waals surface area contributed by atoms with Gasteiger partial charge in [-0.1, -0.05) is 61.4 Å². The second-order valence-electron chi connectivity index (χ2n) is 8.46. The molecule has 1 aliphatic carbocycles. The fraction of sp³-hybridized carbons (Fsp3) is 0.370. The molecule has 0 radical (unpaired) electrons. The lowest BCUT2D eigenvalue weighted by atomic mass is 9.89. The van der Waals surface area contributed by atoms with Gasteiger partial charge in [-0.15, -0.1) is 0 Å². The summed E-state index contributed by atoms with van der Waals surface area (Å²) in [6.07, 6.45) is 6.23. The Morgan fingerprint density at radius 1 is 0.967 bits per heavy atom. The molecule has 0 aromatic heterocycles. The first-order chi connectivity index (χ1) is 14.7. The van der Waals surface area contributed by atoms with E-state index in [-0.39, 0.29) is 5.91 Å². The lowest BCUT2D eigenvalue weighted by Crippen LogP contribution is -2.36. The lowest BCUT2D eigenvalue weighted by molar-refractivity contribution is -0.114. The van der Waals surface area contributed by atoms with Crippen LogP contribution in [0.3, 0.4) is 0 Å². The molecule has 0 aliphatic heterocycles. The summed E-state index contributed by atoms with van der Waals surface area (Å²) in [5.74, 6) is 0.541. The maximum absolute atomic E-state index is 11.3. The third-order valence-corrected chi connectivity index (χ3v) is 6.46. The van der Waals surface area contributed by atoms with Crippen LogP contribution in [0.2, 0.25) is 0 Å². The number of hydrogen-bond acceptors (Lipinski definition) is 2. The van der Waals surface area contributed by atoms with Gasteiger partial charge in [-0.05, 0) is 61.3 Å². The van der Waals surface area contributed by atoms with Gasteiger partial charge in [0, 0.05) is 36.3 Å². The summed E-state index contributed by atoms with van der Waals surface area (Å²) in [6, 6.07) is 24.4. The first-order valence-corrected chi connectivity index (χ1v) is 11.3. The highest BCUT2D eigenvalue weighted by atomic mass is 16.1. The molecule has 1 aliphatic rings. The molecule has 3 aromatic rings. The van der Waals surface area contributed by atoms with Crippen LogP contribution in [0.4, 0.5) is 11.4 Å². The van der Waals surface area contributed by atoms with Crippen LogP contribution in [0.25, 0.3) is 10.8 Å². The van der Waals surface area contributed by atoms with E-state index in [4.69, 9.17) is 0 Å². The van der Waals surface area contributed by atoms with E-state index in [9.17, 15) is 4.79 Å². The molecule has 0 heterocycles. The van der Waals surface area contributed by atoms with Gasteiger partial charge in [0.25, 0.3) is 0 Å². The van der Waals surface area contributed by atoms with Gasteiger partial charge in [-0.2, -0.15) is 0 Å². The van der Waals surface area contributed by atoms with E-state index < -0.39 is 0 Å². The molecule has 1 fully saturated rings. The number of fused-ring (bicyclic) bond motifs is 1. The van der Waals surface area contributed by atoms with Crippen molar-refractivity contribution in [1.29, 1.82) is 0 Å². The number of nitrogens with one attached hydrogen (secondary N) is 1. The molecule has 3 aromatic carbocycles. The number of rotatable bonds is 5. The quantitative estimate of drug-likeness (QED) is 0.481. The van der Waals surface area contributed by atoms with Crippen molar-refractivity contribution in [2.24, 2.45) is 0 Å². The van der Waals surface area contributed by atoms with E-state index in [0.29, 0.717) is 12.0 Å². The van der Waals surface area contributed by atoms with E-state index in [2.05, 4.69) is 71.7 Å². The highest BCUT2D eigenvalue weighted by Gasteiger charge is 2.26. The van der Waals surface area contributed by atoms with E-state index >= 15 is 0 Å². The summed E-state index contributed by atoms with van der Waals surface area (Å²) in [6.45, 7) is 4.85. The number of hydrogen-bond donors (Lipinski definition) is 1. The zero-order valence-corrected chi connectivity index (χ0v) is 18.1. The van der Waals surface area contributed by atoms with Crippen molar-refractivity contribution in [2.45, 2.75) is 57.9 Å². The Balaban J connectivity index is 1.59. The minimum Gasteiger partial charge on any atom is -0.368 e. The molecule has 3 nitrogen and oxygen atoms in total. The topological polar surface area (TPSA) is 32.3 Å². The lowest BCUT2D eigenvalue weighted by Gasteiger charge is -2.35. The highest BCUT2D eigenvalue weighted by Crippen LogP contribution is 2.37. The minimum atomic E-state index is -0.0223. The number of benzene rings is 3. The van der Waals surface area contributed by atoms with Gasteiger partial charge in [-0.25, -0.2) is 0 Å². The molecule has 1 N–H and O–H groups in total. The van der Waals surface area contributed by atoms with Gasteiger partial charge in [0.15, 0.2) is 0 Å². The average Bonchev–Trinajstić information content (AvgIpc) is 3.01. The van der Waals surface area contributed by atoms with Crippen LogP contribution < -0.4 is 10.2 Å². The SMILES string of the molecule is CCN(c1cccc2ccccc12)C1CCCCC(c2ccc(NC(C)=O)cc2)C1. The molecule has 1 saturated carbocycles. The van der Waals surface area contributed by atoms with E-state index in [0.717, 1.165) is 12.2 Å². The number of amides is 1. The number of carbonyl (C=O) groups excluding carboxylic acids is 1. The Morgan fingerprint density at radius 2 is 1.70 bits per heavy atom. The molecule has 3 heteroatoms. The third-order valence-electron chi connectivity index (χ3n) is 6.46. The molecule has 156 valence electrons. The van der Waals surface area contributed by atoms with Crippen molar-refractivity contribution >= 4 is 28.1 Å². The maximum Gasteiger partial charge on any atom is 0.221 e. The van der Waals surface area contributed by atoms with E-state index in [1.807, 2.05) is 12.1 Å². The van der Waals surface area contributed by atoms with Crippen LogP contribution in [-0.2, 0) is 4.79 Å².